The Bertz CT molecular complexity index is 336. The number of hydrogen-bond acceptors (Lipinski definition) is 3. The molecule has 0 aliphatic heterocycles. The lowest BCUT2D eigenvalue weighted by Crippen LogP contribution is -2.15. The lowest BCUT2D eigenvalue weighted by atomic mass is 10.2. The van der Waals surface area contributed by atoms with Crippen LogP contribution in [0.25, 0.3) is 0 Å². The highest BCUT2D eigenvalue weighted by Crippen LogP contribution is 2.21. The van der Waals surface area contributed by atoms with Gasteiger partial charge < -0.3 is 15.2 Å². The molecule has 1 aromatic carbocycles. The van der Waals surface area contributed by atoms with E-state index in [9.17, 15) is 4.79 Å². The number of carbonyl (C=O) groups excluding carboxylic acids is 1. The maximum Gasteiger partial charge on any atom is 0.250 e. The Labute approximate surface area is 82.5 Å². The van der Waals surface area contributed by atoms with Crippen LogP contribution in [0, 0.1) is 6.92 Å². The Hall–Kier alpha value is -1.55. The minimum atomic E-state index is -0.509. The topological polar surface area (TPSA) is 58.6 Å². The molecule has 0 saturated heterocycles. The summed E-state index contributed by atoms with van der Waals surface area (Å²) in [6.07, 6.45) is 0. The summed E-state index contributed by atoms with van der Waals surface area (Å²) in [4.78, 5) is 10.9. The van der Waals surface area contributed by atoms with Crippen molar-refractivity contribution < 1.29 is 14.6 Å². The van der Waals surface area contributed by atoms with Crippen molar-refractivity contribution in [2.75, 3.05) is 19.0 Å². The Kier molecular flexibility index (Phi) is 3.48. The van der Waals surface area contributed by atoms with Crippen LogP contribution in [0.4, 0.5) is 5.69 Å². The maximum atomic E-state index is 10.9. The van der Waals surface area contributed by atoms with Crippen molar-refractivity contribution in [3.63, 3.8) is 0 Å². The number of aryl methyl sites for hydroxylation is 1. The molecule has 14 heavy (non-hydrogen) atoms. The summed E-state index contributed by atoms with van der Waals surface area (Å²) in [5.41, 5.74) is 1.59. The largest absolute Gasteiger partial charge is 0.496 e. The van der Waals surface area contributed by atoms with E-state index in [2.05, 4.69) is 5.32 Å². The third-order valence-corrected chi connectivity index (χ3v) is 1.82. The Balaban J connectivity index is 2.81. The van der Waals surface area contributed by atoms with Gasteiger partial charge >= 0.3 is 0 Å². The summed E-state index contributed by atoms with van der Waals surface area (Å²) >= 11 is 0. The fourth-order valence-corrected chi connectivity index (χ4v) is 1.16. The van der Waals surface area contributed by atoms with Gasteiger partial charge in [0, 0.05) is 5.69 Å². The predicted molar refractivity (Wildman–Crippen MR) is 53.4 cm³/mol. The van der Waals surface area contributed by atoms with E-state index in [0.29, 0.717) is 5.69 Å². The van der Waals surface area contributed by atoms with Crippen LogP contribution in [0.3, 0.4) is 0 Å². The summed E-state index contributed by atoms with van der Waals surface area (Å²) in [7, 11) is 1.59. The second kappa shape index (κ2) is 4.62. The number of aliphatic hydroxyl groups is 1. The van der Waals surface area contributed by atoms with E-state index in [1.165, 1.54) is 0 Å². The molecule has 0 unspecified atom stereocenters. The maximum absolute atomic E-state index is 10.9. The third kappa shape index (κ3) is 2.47. The number of hydrogen-bond donors (Lipinski definition) is 2. The van der Waals surface area contributed by atoms with Crippen LogP contribution in [0.1, 0.15) is 5.56 Å². The summed E-state index contributed by atoms with van der Waals surface area (Å²) in [6.45, 7) is 1.37. The van der Waals surface area contributed by atoms with Crippen LogP contribution >= 0.6 is 0 Å². The Morgan fingerprint density at radius 3 is 2.79 bits per heavy atom. The highest BCUT2D eigenvalue weighted by atomic mass is 16.5. The first-order chi connectivity index (χ1) is 6.67. The van der Waals surface area contributed by atoms with Gasteiger partial charge in [-0.25, -0.2) is 0 Å². The van der Waals surface area contributed by atoms with Crippen LogP contribution < -0.4 is 10.1 Å². The summed E-state index contributed by atoms with van der Waals surface area (Å²) in [5.74, 6) is 0.349. The molecule has 0 aromatic heterocycles. The zero-order chi connectivity index (χ0) is 10.6. The van der Waals surface area contributed by atoms with Gasteiger partial charge in [-0.3, -0.25) is 4.79 Å². The van der Waals surface area contributed by atoms with E-state index < -0.39 is 12.5 Å². The van der Waals surface area contributed by atoms with Crippen LogP contribution in [0.2, 0.25) is 0 Å². The molecule has 0 fully saturated rings. The predicted octanol–water partition coefficient (Wildman–Crippen LogP) is 0.934. The number of anilines is 1. The van der Waals surface area contributed by atoms with Crippen molar-refractivity contribution >= 4 is 11.6 Å². The molecular weight excluding hydrogens is 182 g/mol. The van der Waals surface area contributed by atoms with E-state index in [1.807, 2.05) is 6.92 Å². The summed E-state index contributed by atoms with van der Waals surface area (Å²) in [5, 5.41) is 11.1. The van der Waals surface area contributed by atoms with Crippen molar-refractivity contribution in [3.05, 3.63) is 23.8 Å². The first-order valence-electron chi connectivity index (χ1n) is 4.22. The SMILES string of the molecule is COc1ccc(NC(=O)CO)cc1C. The minimum absolute atomic E-state index is 0.422. The van der Waals surface area contributed by atoms with Gasteiger partial charge in [-0.05, 0) is 30.7 Å². The zero-order valence-electron chi connectivity index (χ0n) is 8.20. The van der Waals surface area contributed by atoms with Crippen molar-refractivity contribution in [1.29, 1.82) is 0 Å². The van der Waals surface area contributed by atoms with Crippen LogP contribution in [0.5, 0.6) is 5.75 Å². The first-order valence-corrected chi connectivity index (χ1v) is 4.22. The molecule has 1 amide bonds. The second-order valence-corrected chi connectivity index (χ2v) is 2.89. The van der Waals surface area contributed by atoms with Gasteiger partial charge in [-0.1, -0.05) is 0 Å². The van der Waals surface area contributed by atoms with E-state index in [-0.39, 0.29) is 0 Å². The lowest BCUT2D eigenvalue weighted by Gasteiger charge is -2.07. The number of nitrogens with one attached hydrogen (secondary N) is 1. The number of aliphatic hydroxyl groups excluding tert-OH is 1. The highest BCUT2D eigenvalue weighted by Gasteiger charge is 2.02. The first kappa shape index (κ1) is 10.5. The van der Waals surface area contributed by atoms with Crippen molar-refractivity contribution in [3.8, 4) is 5.75 Å². The number of carbonyl (C=O) groups is 1. The molecule has 1 aromatic rings. The van der Waals surface area contributed by atoms with E-state index in [4.69, 9.17) is 9.84 Å². The van der Waals surface area contributed by atoms with Gasteiger partial charge in [-0.15, -0.1) is 0 Å². The van der Waals surface area contributed by atoms with Gasteiger partial charge in [-0.2, -0.15) is 0 Å². The molecule has 0 saturated carbocycles. The van der Waals surface area contributed by atoms with Crippen molar-refractivity contribution in [1.82, 2.24) is 0 Å². The summed E-state index contributed by atoms with van der Waals surface area (Å²) in [6, 6.07) is 5.27. The molecule has 0 aliphatic carbocycles. The van der Waals surface area contributed by atoms with Crippen LogP contribution in [0.15, 0.2) is 18.2 Å². The smallest absolute Gasteiger partial charge is 0.250 e. The van der Waals surface area contributed by atoms with Crippen LogP contribution in [-0.2, 0) is 4.79 Å². The molecule has 0 atom stereocenters. The van der Waals surface area contributed by atoms with Gasteiger partial charge in [0.15, 0.2) is 0 Å². The van der Waals surface area contributed by atoms with Gasteiger partial charge in [0.2, 0.25) is 5.91 Å². The monoisotopic (exact) mass is 195 g/mol. The standard InChI is InChI=1S/C10H13NO3/c1-7-5-8(11-10(13)6-12)3-4-9(7)14-2/h3-5,12H,6H2,1-2H3,(H,11,13). The lowest BCUT2D eigenvalue weighted by molar-refractivity contribution is -0.118. The molecule has 0 spiro atoms. The Morgan fingerprint density at radius 2 is 2.29 bits per heavy atom. The molecule has 0 bridgehead atoms. The van der Waals surface area contributed by atoms with Crippen molar-refractivity contribution in [2.24, 2.45) is 0 Å². The zero-order valence-corrected chi connectivity index (χ0v) is 8.20. The molecule has 0 radical (unpaired) electrons. The summed E-state index contributed by atoms with van der Waals surface area (Å²) < 4.78 is 5.07. The fourth-order valence-electron chi connectivity index (χ4n) is 1.16. The second-order valence-electron chi connectivity index (χ2n) is 2.89. The van der Waals surface area contributed by atoms with E-state index in [0.717, 1.165) is 11.3 Å². The average Bonchev–Trinajstić information content (AvgIpc) is 2.18. The molecule has 4 nitrogen and oxygen atoms in total. The fraction of sp³-hybridized carbons (Fsp3) is 0.300. The van der Waals surface area contributed by atoms with E-state index in [1.54, 1.807) is 25.3 Å². The molecule has 2 N–H and O–H groups in total. The third-order valence-electron chi connectivity index (χ3n) is 1.82. The van der Waals surface area contributed by atoms with E-state index >= 15 is 0 Å². The van der Waals surface area contributed by atoms with Crippen LogP contribution in [-0.4, -0.2) is 24.7 Å². The van der Waals surface area contributed by atoms with Gasteiger partial charge in [0.05, 0.1) is 7.11 Å². The normalized spacial score (nSPS) is 9.64. The number of amides is 1. The number of benzene rings is 1. The molecule has 0 aliphatic rings. The number of methoxy groups -OCH3 is 1. The molecule has 0 heterocycles. The minimum Gasteiger partial charge on any atom is -0.496 e. The molecule has 1 rings (SSSR count). The van der Waals surface area contributed by atoms with Gasteiger partial charge in [0.1, 0.15) is 12.4 Å². The molecular formula is C10H13NO3. The highest BCUT2D eigenvalue weighted by molar-refractivity contribution is 5.91. The number of ether oxygens (including phenoxy) is 1. The molecule has 76 valence electrons. The van der Waals surface area contributed by atoms with Crippen molar-refractivity contribution in [2.45, 2.75) is 6.92 Å². The molecule has 4 heteroatoms. The number of rotatable bonds is 3. The van der Waals surface area contributed by atoms with Gasteiger partial charge in [0.25, 0.3) is 0 Å². The Morgan fingerprint density at radius 1 is 1.57 bits per heavy atom. The average molecular weight is 195 g/mol. The quantitative estimate of drug-likeness (QED) is 0.754.